The summed E-state index contributed by atoms with van der Waals surface area (Å²) < 4.78 is 33.6. The first-order valence-electron chi connectivity index (χ1n) is 8.13. The van der Waals surface area contributed by atoms with Crippen molar-refractivity contribution in [2.75, 3.05) is 7.11 Å². The summed E-state index contributed by atoms with van der Waals surface area (Å²) in [5.74, 6) is -1.61. The SMILES string of the molecule is CONC(=O)c1nc(Cc2c(-c3ccc(F)cc3)nc3ccc(F)cn23)no1. The van der Waals surface area contributed by atoms with E-state index in [4.69, 9.17) is 4.52 Å². The summed E-state index contributed by atoms with van der Waals surface area (Å²) in [4.78, 5) is 24.7. The van der Waals surface area contributed by atoms with Crippen molar-refractivity contribution in [2.45, 2.75) is 6.42 Å². The number of aromatic nitrogens is 4. The van der Waals surface area contributed by atoms with Crippen LogP contribution in [0.5, 0.6) is 0 Å². The number of hydrogen-bond donors (Lipinski definition) is 1. The van der Waals surface area contributed by atoms with E-state index in [1.807, 2.05) is 0 Å². The van der Waals surface area contributed by atoms with E-state index in [0.29, 0.717) is 22.6 Å². The quantitative estimate of drug-likeness (QED) is 0.531. The topological polar surface area (TPSA) is 94.5 Å². The molecule has 0 atom stereocenters. The van der Waals surface area contributed by atoms with Crippen LogP contribution in [0.25, 0.3) is 16.9 Å². The van der Waals surface area contributed by atoms with E-state index in [2.05, 4.69) is 25.4 Å². The number of rotatable bonds is 5. The molecule has 0 saturated carbocycles. The lowest BCUT2D eigenvalue weighted by atomic mass is 10.1. The van der Waals surface area contributed by atoms with Gasteiger partial charge in [0.1, 0.15) is 17.3 Å². The van der Waals surface area contributed by atoms with Crippen LogP contribution in [0, 0.1) is 11.6 Å². The molecule has 0 bridgehead atoms. The smallest absolute Gasteiger partial charge is 0.328 e. The van der Waals surface area contributed by atoms with Gasteiger partial charge in [-0.05, 0) is 36.4 Å². The van der Waals surface area contributed by atoms with Gasteiger partial charge >= 0.3 is 11.8 Å². The van der Waals surface area contributed by atoms with Gasteiger partial charge in [0.05, 0.1) is 24.9 Å². The highest BCUT2D eigenvalue weighted by molar-refractivity contribution is 5.88. The van der Waals surface area contributed by atoms with Crippen molar-refractivity contribution in [3.63, 3.8) is 0 Å². The normalized spacial score (nSPS) is 11.1. The zero-order chi connectivity index (χ0) is 19.7. The molecular weight excluding hydrogens is 372 g/mol. The van der Waals surface area contributed by atoms with E-state index in [-0.39, 0.29) is 24.0 Å². The summed E-state index contributed by atoms with van der Waals surface area (Å²) in [6.07, 6.45) is 1.38. The Morgan fingerprint density at radius 3 is 2.64 bits per heavy atom. The summed E-state index contributed by atoms with van der Waals surface area (Å²) in [5.41, 5.74) is 4.28. The van der Waals surface area contributed by atoms with Crippen LogP contribution >= 0.6 is 0 Å². The zero-order valence-corrected chi connectivity index (χ0v) is 14.5. The maximum absolute atomic E-state index is 13.8. The molecule has 4 aromatic rings. The predicted molar refractivity (Wildman–Crippen MR) is 92.1 cm³/mol. The predicted octanol–water partition coefficient (Wildman–Crippen LogP) is 2.54. The maximum Gasteiger partial charge on any atom is 0.333 e. The lowest BCUT2D eigenvalue weighted by Gasteiger charge is -2.03. The highest BCUT2D eigenvalue weighted by Crippen LogP contribution is 2.26. The number of benzene rings is 1. The van der Waals surface area contributed by atoms with E-state index < -0.39 is 11.7 Å². The van der Waals surface area contributed by atoms with Gasteiger partial charge in [-0.25, -0.2) is 19.2 Å². The van der Waals surface area contributed by atoms with Crippen molar-refractivity contribution in [1.82, 2.24) is 25.0 Å². The molecule has 0 fully saturated rings. The largest absolute Gasteiger partial charge is 0.333 e. The monoisotopic (exact) mass is 385 g/mol. The number of amides is 1. The Balaban J connectivity index is 1.78. The summed E-state index contributed by atoms with van der Waals surface area (Å²) in [5, 5.41) is 3.78. The molecule has 1 N–H and O–H groups in total. The molecular formula is C18H13F2N5O3. The highest BCUT2D eigenvalue weighted by Gasteiger charge is 2.20. The summed E-state index contributed by atoms with van der Waals surface area (Å²) in [6, 6.07) is 8.59. The highest BCUT2D eigenvalue weighted by atomic mass is 19.1. The molecule has 0 spiro atoms. The fourth-order valence-corrected chi connectivity index (χ4v) is 2.78. The minimum Gasteiger partial charge on any atom is -0.328 e. The molecule has 0 saturated heterocycles. The van der Waals surface area contributed by atoms with Gasteiger partial charge in [-0.2, -0.15) is 4.98 Å². The Morgan fingerprint density at radius 2 is 1.89 bits per heavy atom. The molecule has 4 rings (SSSR count). The van der Waals surface area contributed by atoms with Crippen molar-refractivity contribution >= 4 is 11.6 Å². The van der Waals surface area contributed by atoms with Crippen molar-refractivity contribution in [1.29, 1.82) is 0 Å². The molecule has 10 heteroatoms. The Kier molecular flexibility index (Phi) is 4.53. The van der Waals surface area contributed by atoms with Gasteiger partial charge in [0.15, 0.2) is 5.82 Å². The molecule has 0 unspecified atom stereocenters. The number of halogens is 2. The molecule has 8 nitrogen and oxygen atoms in total. The number of imidazole rings is 1. The Morgan fingerprint density at radius 1 is 1.14 bits per heavy atom. The molecule has 142 valence electrons. The van der Waals surface area contributed by atoms with E-state index in [1.165, 1.54) is 37.6 Å². The first kappa shape index (κ1) is 17.7. The standard InChI is InChI=1S/C18H13F2N5O3/c1-27-24-17(26)18-21-14(23-28-18)8-13-16(10-2-4-11(19)5-3-10)22-15-7-6-12(20)9-25(13)15/h2-7,9H,8H2,1H3,(H,24,26). The summed E-state index contributed by atoms with van der Waals surface area (Å²) in [6.45, 7) is 0. The number of hydroxylamine groups is 1. The third-order valence-electron chi connectivity index (χ3n) is 3.98. The van der Waals surface area contributed by atoms with Gasteiger partial charge in [-0.15, -0.1) is 0 Å². The molecule has 1 aromatic carbocycles. The van der Waals surface area contributed by atoms with E-state index in [1.54, 1.807) is 16.5 Å². The average Bonchev–Trinajstić information content (AvgIpc) is 3.28. The van der Waals surface area contributed by atoms with Crippen LogP contribution in [0.15, 0.2) is 47.1 Å². The third-order valence-corrected chi connectivity index (χ3v) is 3.98. The molecule has 3 aromatic heterocycles. The molecule has 0 aliphatic rings. The van der Waals surface area contributed by atoms with Gasteiger partial charge in [-0.3, -0.25) is 9.63 Å². The van der Waals surface area contributed by atoms with Crippen LogP contribution < -0.4 is 5.48 Å². The fourth-order valence-electron chi connectivity index (χ4n) is 2.78. The van der Waals surface area contributed by atoms with Crippen LogP contribution in [-0.4, -0.2) is 32.5 Å². The van der Waals surface area contributed by atoms with Crippen LogP contribution in [0.2, 0.25) is 0 Å². The van der Waals surface area contributed by atoms with Crippen molar-refractivity contribution in [3.8, 4) is 11.3 Å². The van der Waals surface area contributed by atoms with Crippen LogP contribution in [0.3, 0.4) is 0 Å². The Hall–Kier alpha value is -3.66. The van der Waals surface area contributed by atoms with Gasteiger partial charge < -0.3 is 8.92 Å². The molecule has 0 aliphatic heterocycles. The van der Waals surface area contributed by atoms with E-state index in [0.717, 1.165) is 0 Å². The molecule has 0 radical (unpaired) electrons. The molecule has 28 heavy (non-hydrogen) atoms. The lowest BCUT2D eigenvalue weighted by Crippen LogP contribution is -2.22. The van der Waals surface area contributed by atoms with Gasteiger partial charge in [0, 0.05) is 11.8 Å². The molecule has 1 amide bonds. The Bertz CT molecular complexity index is 1150. The first-order chi connectivity index (χ1) is 13.5. The third kappa shape index (κ3) is 3.32. The van der Waals surface area contributed by atoms with Gasteiger partial charge in [-0.1, -0.05) is 5.16 Å². The number of hydrogen-bond acceptors (Lipinski definition) is 6. The van der Waals surface area contributed by atoms with Crippen LogP contribution in [0.1, 0.15) is 22.2 Å². The second-order valence-electron chi connectivity index (χ2n) is 5.82. The fraction of sp³-hybridized carbons (Fsp3) is 0.111. The van der Waals surface area contributed by atoms with Crippen LogP contribution in [-0.2, 0) is 11.3 Å². The zero-order valence-electron chi connectivity index (χ0n) is 14.5. The number of carbonyl (C=O) groups excluding carboxylic acids is 1. The average molecular weight is 385 g/mol. The number of nitrogens with one attached hydrogen (secondary N) is 1. The van der Waals surface area contributed by atoms with Crippen molar-refractivity contribution in [2.24, 2.45) is 0 Å². The second kappa shape index (κ2) is 7.16. The van der Waals surface area contributed by atoms with Crippen molar-refractivity contribution in [3.05, 3.63) is 71.6 Å². The number of nitrogens with zero attached hydrogens (tertiary/aromatic N) is 4. The summed E-state index contributed by atoms with van der Waals surface area (Å²) >= 11 is 0. The first-order valence-corrected chi connectivity index (χ1v) is 8.13. The second-order valence-corrected chi connectivity index (χ2v) is 5.82. The number of carbonyl (C=O) groups is 1. The van der Waals surface area contributed by atoms with Gasteiger partial charge in [0.25, 0.3) is 0 Å². The van der Waals surface area contributed by atoms with E-state index in [9.17, 15) is 13.6 Å². The molecule has 0 aliphatic carbocycles. The maximum atomic E-state index is 13.8. The molecule has 3 heterocycles. The minimum atomic E-state index is -0.691. The number of fused-ring (bicyclic) bond motifs is 1. The van der Waals surface area contributed by atoms with Crippen LogP contribution in [0.4, 0.5) is 8.78 Å². The minimum absolute atomic E-state index is 0.0983. The lowest BCUT2D eigenvalue weighted by molar-refractivity contribution is 0.0494. The van der Waals surface area contributed by atoms with Gasteiger partial charge in [0.2, 0.25) is 0 Å². The Labute approximate surface area is 156 Å². The van der Waals surface area contributed by atoms with Crippen molar-refractivity contribution < 1.29 is 22.9 Å². The summed E-state index contributed by atoms with van der Waals surface area (Å²) in [7, 11) is 1.27. The van der Waals surface area contributed by atoms with E-state index >= 15 is 0 Å². The number of pyridine rings is 1.